The van der Waals surface area contributed by atoms with Gasteiger partial charge >= 0.3 is 0 Å². The number of carbonyl (C=O) groups is 2. The first kappa shape index (κ1) is 30.3. The number of aromatic hydroxyl groups is 1. The number of hydrogen-bond acceptors (Lipinski definition) is 8. The number of nitrogens with two attached hydrogens (primary N) is 1. The molecule has 0 aromatic heterocycles. The van der Waals surface area contributed by atoms with E-state index in [0.29, 0.717) is 37.5 Å². The Balaban J connectivity index is 1.44. The smallest absolute Gasteiger partial charge is 0.188 e. The van der Waals surface area contributed by atoms with Gasteiger partial charge in [0, 0.05) is 57.0 Å². The number of carbonyl (C=O) groups excluding carboxylic acids is 2. The van der Waals surface area contributed by atoms with Crippen molar-refractivity contribution in [1.82, 2.24) is 20.9 Å². The number of phenols is 1. The van der Waals surface area contributed by atoms with E-state index in [1.807, 2.05) is 31.6 Å². The van der Waals surface area contributed by atoms with Crippen LogP contribution in [0.25, 0.3) is 0 Å². The van der Waals surface area contributed by atoms with E-state index in [0.717, 1.165) is 62.9 Å². The van der Waals surface area contributed by atoms with Crippen LogP contribution in [0.3, 0.4) is 0 Å². The van der Waals surface area contributed by atoms with Crippen LogP contribution < -0.4 is 26.4 Å². The molecular formula is C29H46N6O4. The quantitative estimate of drug-likeness (QED) is 0.114. The van der Waals surface area contributed by atoms with E-state index < -0.39 is 0 Å². The average Bonchev–Trinajstić information content (AvgIpc) is 3.63. The van der Waals surface area contributed by atoms with Gasteiger partial charge in [-0.25, -0.2) is 0 Å². The van der Waals surface area contributed by atoms with Gasteiger partial charge < -0.3 is 36.4 Å². The normalized spacial score (nSPS) is 16.4. The van der Waals surface area contributed by atoms with E-state index >= 15 is 0 Å². The van der Waals surface area contributed by atoms with Gasteiger partial charge in [-0.3, -0.25) is 14.6 Å². The summed E-state index contributed by atoms with van der Waals surface area (Å²) in [6.45, 7) is 2.16. The molecule has 1 aliphatic carbocycles. The summed E-state index contributed by atoms with van der Waals surface area (Å²) in [6, 6.07) is 3.86. The zero-order chi connectivity index (χ0) is 28.0. The number of phenolic OH excluding ortho intramolecular Hbond substituents is 1. The number of Topliss-reactive ketones (excluding diaryl/α,β-unsaturated/α-hetero) is 2. The number of rotatable bonds is 17. The SMILES string of the molecule is CN=C(N)N[C@H](CCCC(=O)CC(=O)CCc1cc(CNC)c(O)c(OC2CCCC2)c1)CCN1C=CNC1. The Hall–Kier alpha value is -3.27. The molecule has 10 heteroatoms. The Bertz CT molecular complexity index is 1010. The zero-order valence-electron chi connectivity index (χ0n) is 23.5. The van der Waals surface area contributed by atoms with E-state index in [4.69, 9.17) is 10.5 Å². The number of aliphatic imine (C=N–C) groups is 1. The van der Waals surface area contributed by atoms with Crippen LogP contribution in [0.4, 0.5) is 0 Å². The van der Waals surface area contributed by atoms with Gasteiger partial charge in [-0.15, -0.1) is 0 Å². The van der Waals surface area contributed by atoms with Gasteiger partial charge in [0.15, 0.2) is 17.5 Å². The van der Waals surface area contributed by atoms with E-state index in [2.05, 4.69) is 25.8 Å². The topological polar surface area (TPSA) is 141 Å². The first-order chi connectivity index (χ1) is 18.9. The Morgan fingerprint density at radius 1 is 1.23 bits per heavy atom. The first-order valence-corrected chi connectivity index (χ1v) is 14.2. The van der Waals surface area contributed by atoms with Gasteiger partial charge in [0.25, 0.3) is 0 Å². The maximum absolute atomic E-state index is 12.6. The van der Waals surface area contributed by atoms with Crippen molar-refractivity contribution < 1.29 is 19.4 Å². The lowest BCUT2D eigenvalue weighted by atomic mass is 9.99. The number of ketones is 2. The standard InChI is InChI=1S/C29H46N6O4/c1-31-19-22-16-21(17-27(28(22)38)39-26-8-3-4-9-26)10-11-25(37)18-24(36)7-5-6-23(34-29(30)32-2)12-14-35-15-13-33-20-35/h13,15-17,23,26,31,33,38H,3-12,14,18-20H2,1-2H3,(H3,30,32,34)/t23-/m1/s1. The second-order valence-corrected chi connectivity index (χ2v) is 10.5. The van der Waals surface area contributed by atoms with Crippen molar-refractivity contribution in [2.45, 2.75) is 89.3 Å². The highest BCUT2D eigenvalue weighted by molar-refractivity contribution is 5.99. The summed E-state index contributed by atoms with van der Waals surface area (Å²) in [6.07, 6.45) is 11.8. The van der Waals surface area contributed by atoms with Gasteiger partial charge in [-0.05, 0) is 70.0 Å². The Kier molecular flexibility index (Phi) is 12.4. The third-order valence-electron chi connectivity index (χ3n) is 7.33. The minimum Gasteiger partial charge on any atom is -0.504 e. The van der Waals surface area contributed by atoms with Gasteiger partial charge in [-0.2, -0.15) is 0 Å². The van der Waals surface area contributed by atoms with Crippen molar-refractivity contribution in [3.8, 4) is 11.5 Å². The fraction of sp³-hybridized carbons (Fsp3) is 0.621. The molecule has 0 spiro atoms. The number of ether oxygens (including phenoxy) is 1. The van der Waals surface area contributed by atoms with Crippen molar-refractivity contribution in [3.63, 3.8) is 0 Å². The van der Waals surface area contributed by atoms with Crippen molar-refractivity contribution in [2.75, 3.05) is 27.3 Å². The van der Waals surface area contributed by atoms with Crippen molar-refractivity contribution in [1.29, 1.82) is 0 Å². The van der Waals surface area contributed by atoms with Crippen LogP contribution in [0.2, 0.25) is 0 Å². The molecule has 216 valence electrons. The fourth-order valence-electron chi connectivity index (χ4n) is 5.12. The molecule has 1 aliphatic heterocycles. The molecule has 0 saturated heterocycles. The molecule has 1 saturated carbocycles. The molecule has 1 aromatic carbocycles. The predicted octanol–water partition coefficient (Wildman–Crippen LogP) is 2.69. The second-order valence-electron chi connectivity index (χ2n) is 10.5. The van der Waals surface area contributed by atoms with Gasteiger partial charge in [0.2, 0.25) is 0 Å². The molecule has 39 heavy (non-hydrogen) atoms. The summed E-state index contributed by atoms with van der Waals surface area (Å²) < 4.78 is 6.10. The molecule has 3 rings (SSSR count). The van der Waals surface area contributed by atoms with Crippen LogP contribution in [0.5, 0.6) is 11.5 Å². The first-order valence-electron chi connectivity index (χ1n) is 14.2. The maximum Gasteiger partial charge on any atom is 0.188 e. The van der Waals surface area contributed by atoms with Crippen molar-refractivity contribution in [2.24, 2.45) is 10.7 Å². The summed E-state index contributed by atoms with van der Waals surface area (Å²) in [5.74, 6) is 0.943. The van der Waals surface area contributed by atoms with Crippen molar-refractivity contribution >= 4 is 17.5 Å². The highest BCUT2D eigenvalue weighted by Crippen LogP contribution is 2.35. The highest BCUT2D eigenvalue weighted by atomic mass is 16.5. The van der Waals surface area contributed by atoms with Crippen LogP contribution in [0, 0.1) is 0 Å². The summed E-state index contributed by atoms with van der Waals surface area (Å²) in [7, 11) is 3.47. The molecule has 6 N–H and O–H groups in total. The largest absolute Gasteiger partial charge is 0.504 e. The number of guanidine groups is 1. The van der Waals surface area contributed by atoms with Crippen LogP contribution >= 0.6 is 0 Å². The average molecular weight is 543 g/mol. The molecule has 10 nitrogen and oxygen atoms in total. The molecule has 0 unspecified atom stereocenters. The Morgan fingerprint density at radius 2 is 2.00 bits per heavy atom. The van der Waals surface area contributed by atoms with Crippen LogP contribution in [-0.2, 0) is 22.6 Å². The maximum atomic E-state index is 12.6. The molecule has 1 fully saturated rings. The third-order valence-corrected chi connectivity index (χ3v) is 7.33. The summed E-state index contributed by atoms with van der Waals surface area (Å²) in [5, 5.41) is 20.1. The molecule has 1 atom stereocenters. The number of hydrogen-bond donors (Lipinski definition) is 5. The molecule has 0 radical (unpaired) electrons. The number of nitrogens with zero attached hydrogens (tertiary/aromatic N) is 2. The lowest BCUT2D eigenvalue weighted by Gasteiger charge is -2.22. The minimum atomic E-state index is -0.0631. The van der Waals surface area contributed by atoms with E-state index in [1.54, 1.807) is 7.05 Å². The lowest BCUT2D eigenvalue weighted by molar-refractivity contribution is -0.127. The van der Waals surface area contributed by atoms with Crippen LogP contribution in [-0.4, -0.2) is 67.0 Å². The Morgan fingerprint density at radius 3 is 2.69 bits per heavy atom. The summed E-state index contributed by atoms with van der Waals surface area (Å²) in [5.41, 5.74) is 7.56. The van der Waals surface area contributed by atoms with Gasteiger partial charge in [0.05, 0.1) is 19.2 Å². The summed E-state index contributed by atoms with van der Waals surface area (Å²) in [4.78, 5) is 31.3. The molecular weight excluding hydrogens is 496 g/mol. The van der Waals surface area contributed by atoms with Crippen molar-refractivity contribution in [3.05, 3.63) is 35.7 Å². The monoisotopic (exact) mass is 542 g/mol. The molecule has 1 aromatic rings. The molecule has 0 amide bonds. The summed E-state index contributed by atoms with van der Waals surface area (Å²) >= 11 is 0. The van der Waals surface area contributed by atoms with Crippen LogP contribution in [0.1, 0.15) is 75.3 Å². The van der Waals surface area contributed by atoms with Gasteiger partial charge in [-0.1, -0.05) is 6.07 Å². The van der Waals surface area contributed by atoms with E-state index in [-0.39, 0.29) is 42.3 Å². The predicted molar refractivity (Wildman–Crippen MR) is 153 cm³/mol. The zero-order valence-corrected chi connectivity index (χ0v) is 23.5. The second kappa shape index (κ2) is 16.0. The Labute approximate surface area is 232 Å². The lowest BCUT2D eigenvalue weighted by Crippen LogP contribution is -2.41. The fourth-order valence-corrected chi connectivity index (χ4v) is 5.12. The molecule has 0 bridgehead atoms. The number of aryl methyl sites for hydroxylation is 1. The number of nitrogens with one attached hydrogen (secondary N) is 3. The van der Waals surface area contributed by atoms with E-state index in [9.17, 15) is 14.7 Å². The van der Waals surface area contributed by atoms with Gasteiger partial charge in [0.1, 0.15) is 11.6 Å². The molecule has 2 aliphatic rings. The van der Waals surface area contributed by atoms with Crippen LogP contribution in [0.15, 0.2) is 29.5 Å². The molecule has 1 heterocycles. The highest BCUT2D eigenvalue weighted by Gasteiger charge is 2.20. The number of benzene rings is 1. The minimum absolute atomic E-state index is 0.0330. The third kappa shape index (κ3) is 10.4. The van der Waals surface area contributed by atoms with E-state index in [1.165, 1.54) is 0 Å².